The topological polar surface area (TPSA) is 44.9 Å². The first-order chi connectivity index (χ1) is 9.66. The lowest BCUT2D eigenvalue weighted by atomic mass is 10.1. The number of hydrogen-bond acceptors (Lipinski definition) is 1. The molecular formula is C16H13BrN2O. The highest BCUT2D eigenvalue weighted by Gasteiger charge is 2.15. The zero-order valence-corrected chi connectivity index (χ0v) is 12.5. The van der Waals surface area contributed by atoms with Crippen LogP contribution in [0.1, 0.15) is 16.1 Å². The molecule has 0 saturated heterocycles. The monoisotopic (exact) mass is 328 g/mol. The molecule has 0 bridgehead atoms. The van der Waals surface area contributed by atoms with E-state index in [9.17, 15) is 4.79 Å². The van der Waals surface area contributed by atoms with Crippen LogP contribution in [0.5, 0.6) is 0 Å². The average Bonchev–Trinajstić information content (AvgIpc) is 2.79. The van der Waals surface area contributed by atoms with Crippen LogP contribution in [0.3, 0.4) is 0 Å². The van der Waals surface area contributed by atoms with Crippen molar-refractivity contribution < 1.29 is 4.79 Å². The molecule has 0 aliphatic carbocycles. The van der Waals surface area contributed by atoms with Crippen LogP contribution in [-0.4, -0.2) is 10.9 Å². The van der Waals surface area contributed by atoms with Crippen molar-refractivity contribution in [1.82, 2.24) is 4.98 Å². The van der Waals surface area contributed by atoms with Crippen molar-refractivity contribution in [2.45, 2.75) is 6.92 Å². The minimum absolute atomic E-state index is 0.134. The molecule has 0 unspecified atom stereocenters. The number of nitrogens with one attached hydrogen (secondary N) is 2. The summed E-state index contributed by atoms with van der Waals surface area (Å²) in [5.41, 5.74) is 3.30. The molecule has 0 spiro atoms. The van der Waals surface area contributed by atoms with Gasteiger partial charge in [0.05, 0.1) is 5.69 Å². The highest BCUT2D eigenvalue weighted by atomic mass is 79.9. The number of fused-ring (bicyclic) bond motifs is 1. The molecule has 0 saturated carbocycles. The molecule has 100 valence electrons. The highest BCUT2D eigenvalue weighted by Crippen LogP contribution is 2.25. The molecule has 0 fully saturated rings. The quantitative estimate of drug-likeness (QED) is 0.715. The minimum Gasteiger partial charge on any atom is -0.350 e. The van der Waals surface area contributed by atoms with Crippen molar-refractivity contribution in [2.75, 3.05) is 5.32 Å². The van der Waals surface area contributed by atoms with E-state index >= 15 is 0 Å². The third-order valence-electron chi connectivity index (χ3n) is 3.31. The molecule has 3 rings (SSSR count). The van der Waals surface area contributed by atoms with E-state index in [2.05, 4.69) is 26.2 Å². The fourth-order valence-electron chi connectivity index (χ4n) is 2.26. The lowest BCUT2D eigenvalue weighted by Crippen LogP contribution is -2.13. The Kier molecular flexibility index (Phi) is 3.32. The van der Waals surface area contributed by atoms with Gasteiger partial charge in [0, 0.05) is 15.4 Å². The Bertz CT molecular complexity index is 792. The number of halogens is 1. The Hall–Kier alpha value is -2.07. The maximum atomic E-state index is 12.4. The molecule has 1 amide bonds. The van der Waals surface area contributed by atoms with Crippen molar-refractivity contribution in [1.29, 1.82) is 0 Å². The number of H-pyrrole nitrogens is 1. The number of carbonyl (C=O) groups is 1. The lowest BCUT2D eigenvalue weighted by molar-refractivity contribution is 0.102. The third-order valence-corrected chi connectivity index (χ3v) is 4.01. The van der Waals surface area contributed by atoms with Crippen LogP contribution < -0.4 is 5.32 Å². The number of anilines is 1. The molecule has 0 aliphatic heterocycles. The first-order valence-electron chi connectivity index (χ1n) is 6.30. The summed E-state index contributed by atoms with van der Waals surface area (Å²) in [6.45, 7) is 1.95. The van der Waals surface area contributed by atoms with Gasteiger partial charge in [-0.2, -0.15) is 0 Å². The highest BCUT2D eigenvalue weighted by molar-refractivity contribution is 9.10. The Morgan fingerprint density at radius 2 is 1.80 bits per heavy atom. The van der Waals surface area contributed by atoms with Gasteiger partial charge in [0.15, 0.2) is 0 Å². The van der Waals surface area contributed by atoms with E-state index in [0.717, 1.165) is 26.6 Å². The number of aryl methyl sites for hydroxylation is 1. The van der Waals surface area contributed by atoms with Gasteiger partial charge in [0.25, 0.3) is 5.91 Å². The lowest BCUT2D eigenvalue weighted by Gasteiger charge is -2.06. The second-order valence-electron chi connectivity index (χ2n) is 4.60. The van der Waals surface area contributed by atoms with Crippen LogP contribution in [0.15, 0.2) is 53.0 Å². The molecule has 2 N–H and O–H groups in total. The number of benzene rings is 2. The second-order valence-corrected chi connectivity index (χ2v) is 5.46. The van der Waals surface area contributed by atoms with Crippen LogP contribution in [-0.2, 0) is 0 Å². The summed E-state index contributed by atoms with van der Waals surface area (Å²) in [7, 11) is 0. The number of aromatic amines is 1. The van der Waals surface area contributed by atoms with E-state index in [0.29, 0.717) is 5.69 Å². The van der Waals surface area contributed by atoms with Crippen LogP contribution in [0.25, 0.3) is 10.9 Å². The van der Waals surface area contributed by atoms with E-state index in [-0.39, 0.29) is 5.91 Å². The number of rotatable bonds is 2. The maximum Gasteiger partial charge on any atom is 0.272 e. The van der Waals surface area contributed by atoms with Crippen molar-refractivity contribution in [3.8, 4) is 0 Å². The van der Waals surface area contributed by atoms with Crippen molar-refractivity contribution in [3.05, 3.63) is 64.3 Å². The van der Waals surface area contributed by atoms with Crippen molar-refractivity contribution >= 4 is 38.4 Å². The van der Waals surface area contributed by atoms with Gasteiger partial charge in [-0.1, -0.05) is 30.3 Å². The van der Waals surface area contributed by atoms with Gasteiger partial charge in [0.1, 0.15) is 5.69 Å². The van der Waals surface area contributed by atoms with Crippen LogP contribution in [0.2, 0.25) is 0 Å². The first-order valence-corrected chi connectivity index (χ1v) is 7.09. The van der Waals surface area contributed by atoms with Crippen LogP contribution in [0.4, 0.5) is 5.69 Å². The van der Waals surface area contributed by atoms with E-state index < -0.39 is 0 Å². The summed E-state index contributed by atoms with van der Waals surface area (Å²) in [6.07, 6.45) is 0. The van der Waals surface area contributed by atoms with Gasteiger partial charge in [-0.05, 0) is 46.6 Å². The molecule has 3 aromatic rings. The van der Waals surface area contributed by atoms with Gasteiger partial charge in [-0.3, -0.25) is 4.79 Å². The number of amides is 1. The van der Waals surface area contributed by atoms with E-state index in [1.54, 1.807) is 0 Å². The smallest absolute Gasteiger partial charge is 0.272 e. The van der Waals surface area contributed by atoms with Crippen LogP contribution in [0, 0.1) is 6.92 Å². The fraction of sp³-hybridized carbons (Fsp3) is 0.0625. The van der Waals surface area contributed by atoms with Gasteiger partial charge in [-0.25, -0.2) is 0 Å². The molecule has 2 aromatic carbocycles. The van der Waals surface area contributed by atoms with E-state index in [4.69, 9.17) is 0 Å². The van der Waals surface area contributed by atoms with Gasteiger partial charge in [-0.15, -0.1) is 0 Å². The molecule has 20 heavy (non-hydrogen) atoms. The van der Waals surface area contributed by atoms with Crippen molar-refractivity contribution in [2.24, 2.45) is 0 Å². The van der Waals surface area contributed by atoms with E-state index in [1.165, 1.54) is 0 Å². The predicted molar refractivity (Wildman–Crippen MR) is 85.1 cm³/mol. The summed E-state index contributed by atoms with van der Waals surface area (Å²) in [4.78, 5) is 15.6. The molecule has 1 heterocycles. The summed E-state index contributed by atoms with van der Waals surface area (Å²) in [6, 6.07) is 15.5. The maximum absolute atomic E-state index is 12.4. The third kappa shape index (κ3) is 2.23. The Morgan fingerprint density at radius 3 is 2.55 bits per heavy atom. The van der Waals surface area contributed by atoms with Crippen molar-refractivity contribution in [3.63, 3.8) is 0 Å². The number of carbonyl (C=O) groups excluding carboxylic acids is 1. The minimum atomic E-state index is -0.134. The zero-order chi connectivity index (χ0) is 14.1. The Labute approximate surface area is 125 Å². The summed E-state index contributed by atoms with van der Waals surface area (Å²) in [5.74, 6) is -0.134. The Morgan fingerprint density at radius 1 is 1.10 bits per heavy atom. The molecule has 0 aliphatic rings. The molecule has 3 nitrogen and oxygen atoms in total. The first kappa shape index (κ1) is 12.9. The van der Waals surface area contributed by atoms with Crippen LogP contribution >= 0.6 is 15.9 Å². The summed E-state index contributed by atoms with van der Waals surface area (Å²) >= 11 is 3.43. The normalized spacial score (nSPS) is 10.7. The molecule has 1 aromatic heterocycles. The molecule has 0 atom stereocenters. The van der Waals surface area contributed by atoms with E-state index in [1.807, 2.05) is 55.5 Å². The molecular weight excluding hydrogens is 316 g/mol. The average molecular weight is 329 g/mol. The standard InChI is InChI=1S/C16H13BrN2O/c1-10-11-6-2-4-8-13(11)18-15(10)16(20)19-14-9-5-3-7-12(14)17/h2-9,18H,1H3,(H,19,20). The largest absolute Gasteiger partial charge is 0.350 e. The second kappa shape index (κ2) is 5.13. The summed E-state index contributed by atoms with van der Waals surface area (Å²) < 4.78 is 0.863. The summed E-state index contributed by atoms with van der Waals surface area (Å²) in [5, 5.41) is 3.99. The van der Waals surface area contributed by atoms with Gasteiger partial charge < -0.3 is 10.3 Å². The van der Waals surface area contributed by atoms with Gasteiger partial charge in [0.2, 0.25) is 0 Å². The van der Waals surface area contributed by atoms with Gasteiger partial charge >= 0.3 is 0 Å². The number of aromatic nitrogens is 1. The number of hydrogen-bond donors (Lipinski definition) is 2. The molecule has 4 heteroatoms. The molecule has 0 radical (unpaired) electrons. The number of para-hydroxylation sites is 2. The predicted octanol–water partition coefficient (Wildman–Crippen LogP) is 4.49. The Balaban J connectivity index is 1.97. The zero-order valence-electron chi connectivity index (χ0n) is 10.9. The fourth-order valence-corrected chi connectivity index (χ4v) is 2.64. The SMILES string of the molecule is Cc1c(C(=O)Nc2ccccc2Br)[nH]c2ccccc12.